The molecule has 0 radical (unpaired) electrons. The first-order chi connectivity index (χ1) is 11.8. The van der Waals surface area contributed by atoms with E-state index in [1.807, 2.05) is 0 Å². The number of hydrogen-bond donors (Lipinski definition) is 3. The molecule has 9 nitrogen and oxygen atoms in total. The van der Waals surface area contributed by atoms with Gasteiger partial charge in [-0.05, 0) is 24.3 Å². The van der Waals surface area contributed by atoms with Gasteiger partial charge in [-0.3, -0.25) is 14.3 Å². The predicted octanol–water partition coefficient (Wildman–Crippen LogP) is -0.433. The minimum atomic E-state index is -3.35. The molecule has 0 heterocycles. The van der Waals surface area contributed by atoms with Gasteiger partial charge in [-0.25, -0.2) is 8.42 Å². The van der Waals surface area contributed by atoms with Crippen LogP contribution in [0.1, 0.15) is 10.4 Å². The van der Waals surface area contributed by atoms with E-state index in [4.69, 9.17) is 9.47 Å². The van der Waals surface area contributed by atoms with Gasteiger partial charge in [0.15, 0.2) is 0 Å². The third-order valence-corrected chi connectivity index (χ3v) is 3.45. The molecule has 0 spiro atoms. The summed E-state index contributed by atoms with van der Waals surface area (Å²) in [5, 5.41) is 5.25. The zero-order valence-corrected chi connectivity index (χ0v) is 15.0. The first-order valence-electron chi connectivity index (χ1n) is 7.51. The molecule has 3 N–H and O–H groups in total. The molecule has 0 bridgehead atoms. The van der Waals surface area contributed by atoms with Gasteiger partial charge in [-0.15, -0.1) is 0 Å². The van der Waals surface area contributed by atoms with Crippen molar-refractivity contribution in [3.8, 4) is 0 Å². The Balaban J connectivity index is 2.27. The molecule has 10 heteroatoms. The van der Waals surface area contributed by atoms with Crippen LogP contribution in [0.3, 0.4) is 0 Å². The van der Waals surface area contributed by atoms with Crippen molar-refractivity contribution in [2.45, 2.75) is 0 Å². The minimum absolute atomic E-state index is 0.0634. The molecule has 25 heavy (non-hydrogen) atoms. The molecular weight excluding hydrogens is 350 g/mol. The molecule has 0 aliphatic heterocycles. The van der Waals surface area contributed by atoms with Gasteiger partial charge in [-0.2, -0.15) is 0 Å². The Morgan fingerprint density at radius 1 is 1.04 bits per heavy atom. The maximum Gasteiger partial charge on any atom is 0.251 e. The summed E-state index contributed by atoms with van der Waals surface area (Å²) in [6.07, 6.45) is 1.05. The van der Waals surface area contributed by atoms with E-state index in [0.717, 1.165) is 6.26 Å². The summed E-state index contributed by atoms with van der Waals surface area (Å²) in [6.45, 7) is 1.22. The van der Waals surface area contributed by atoms with Crippen LogP contribution in [0.4, 0.5) is 5.69 Å². The molecule has 0 aliphatic rings. The number of carbonyl (C=O) groups is 2. The average molecular weight is 373 g/mol. The first kappa shape index (κ1) is 20.9. The van der Waals surface area contributed by atoms with Gasteiger partial charge >= 0.3 is 0 Å². The van der Waals surface area contributed by atoms with Gasteiger partial charge in [0, 0.05) is 31.5 Å². The van der Waals surface area contributed by atoms with Crippen molar-refractivity contribution >= 4 is 27.5 Å². The van der Waals surface area contributed by atoms with E-state index in [1.165, 1.54) is 24.3 Å². The Morgan fingerprint density at radius 2 is 1.68 bits per heavy atom. The van der Waals surface area contributed by atoms with E-state index in [2.05, 4.69) is 15.4 Å². The van der Waals surface area contributed by atoms with Crippen molar-refractivity contribution in [1.82, 2.24) is 10.6 Å². The van der Waals surface area contributed by atoms with Crippen molar-refractivity contribution in [2.24, 2.45) is 0 Å². The molecule has 0 aromatic heterocycles. The SMILES string of the molecule is COCCOCC(=O)NCCNC(=O)c1ccc(NS(C)(=O)=O)cc1. The fourth-order valence-electron chi connectivity index (χ4n) is 1.74. The van der Waals surface area contributed by atoms with Crippen molar-refractivity contribution in [3.63, 3.8) is 0 Å². The Bertz CT molecular complexity index is 660. The second kappa shape index (κ2) is 10.6. The zero-order valence-electron chi connectivity index (χ0n) is 14.2. The number of sulfonamides is 1. The summed E-state index contributed by atoms with van der Waals surface area (Å²) < 4.78 is 34.4. The topological polar surface area (TPSA) is 123 Å². The van der Waals surface area contributed by atoms with Crippen LogP contribution >= 0.6 is 0 Å². The van der Waals surface area contributed by atoms with Gasteiger partial charge in [0.2, 0.25) is 15.9 Å². The number of hydrogen-bond acceptors (Lipinski definition) is 6. The van der Waals surface area contributed by atoms with Crippen LogP contribution in [-0.2, 0) is 24.3 Å². The van der Waals surface area contributed by atoms with E-state index >= 15 is 0 Å². The number of benzene rings is 1. The number of ether oxygens (including phenoxy) is 2. The average Bonchev–Trinajstić information content (AvgIpc) is 2.54. The number of nitrogens with one attached hydrogen (secondary N) is 3. The van der Waals surface area contributed by atoms with E-state index in [-0.39, 0.29) is 31.5 Å². The van der Waals surface area contributed by atoms with Gasteiger partial charge in [0.25, 0.3) is 5.91 Å². The summed E-state index contributed by atoms with van der Waals surface area (Å²) >= 11 is 0. The summed E-state index contributed by atoms with van der Waals surface area (Å²) in [5.74, 6) is -0.599. The Kier molecular flexibility index (Phi) is 8.89. The second-order valence-corrected chi connectivity index (χ2v) is 6.85. The fraction of sp³-hybridized carbons (Fsp3) is 0.467. The minimum Gasteiger partial charge on any atom is -0.382 e. The molecule has 0 unspecified atom stereocenters. The second-order valence-electron chi connectivity index (χ2n) is 5.10. The third-order valence-electron chi connectivity index (χ3n) is 2.85. The Hall–Kier alpha value is -2.17. The monoisotopic (exact) mass is 373 g/mol. The largest absolute Gasteiger partial charge is 0.382 e. The fourth-order valence-corrected chi connectivity index (χ4v) is 2.31. The molecule has 1 aromatic carbocycles. The smallest absolute Gasteiger partial charge is 0.251 e. The molecule has 0 aliphatic carbocycles. The van der Waals surface area contributed by atoms with Crippen LogP contribution in [0.2, 0.25) is 0 Å². The van der Waals surface area contributed by atoms with Crippen LogP contribution in [0.25, 0.3) is 0 Å². The Labute approximate surface area is 147 Å². The van der Waals surface area contributed by atoms with Crippen molar-refractivity contribution in [3.05, 3.63) is 29.8 Å². The molecule has 0 atom stereocenters. The number of anilines is 1. The highest BCUT2D eigenvalue weighted by atomic mass is 32.2. The lowest BCUT2D eigenvalue weighted by molar-refractivity contribution is -0.126. The summed E-state index contributed by atoms with van der Waals surface area (Å²) in [6, 6.07) is 6.00. The number of amides is 2. The lowest BCUT2D eigenvalue weighted by Gasteiger charge is -2.08. The number of carbonyl (C=O) groups excluding carboxylic acids is 2. The summed E-state index contributed by atoms with van der Waals surface area (Å²) in [7, 11) is -1.81. The molecule has 2 amide bonds. The van der Waals surface area contributed by atoms with E-state index in [1.54, 1.807) is 7.11 Å². The molecule has 0 saturated carbocycles. The van der Waals surface area contributed by atoms with Crippen LogP contribution in [0.15, 0.2) is 24.3 Å². The van der Waals surface area contributed by atoms with E-state index in [9.17, 15) is 18.0 Å². The van der Waals surface area contributed by atoms with Crippen LogP contribution < -0.4 is 15.4 Å². The number of rotatable bonds is 11. The normalized spacial score (nSPS) is 11.0. The predicted molar refractivity (Wildman–Crippen MR) is 92.9 cm³/mol. The Morgan fingerprint density at radius 3 is 2.28 bits per heavy atom. The van der Waals surface area contributed by atoms with Gasteiger partial charge in [0.1, 0.15) is 6.61 Å². The van der Waals surface area contributed by atoms with Gasteiger partial charge in [0.05, 0.1) is 19.5 Å². The molecule has 1 rings (SSSR count). The highest BCUT2D eigenvalue weighted by molar-refractivity contribution is 7.92. The van der Waals surface area contributed by atoms with Crippen molar-refractivity contribution in [2.75, 3.05) is 51.0 Å². The lowest BCUT2D eigenvalue weighted by atomic mass is 10.2. The van der Waals surface area contributed by atoms with Gasteiger partial charge in [-0.1, -0.05) is 0 Å². The number of methoxy groups -OCH3 is 1. The molecule has 0 fully saturated rings. The third kappa shape index (κ3) is 9.65. The zero-order chi connectivity index (χ0) is 18.7. The standard InChI is InChI=1S/C15H23N3O6S/c1-23-9-10-24-11-14(19)16-7-8-17-15(20)12-3-5-13(6-4-12)18-25(2,21)22/h3-6,18H,7-11H2,1-2H3,(H,16,19)(H,17,20). The summed E-state index contributed by atoms with van der Waals surface area (Å²) in [5.41, 5.74) is 0.757. The maximum atomic E-state index is 11.9. The van der Waals surface area contributed by atoms with Crippen molar-refractivity contribution in [1.29, 1.82) is 0 Å². The quantitative estimate of drug-likeness (QED) is 0.452. The highest BCUT2D eigenvalue weighted by Crippen LogP contribution is 2.10. The van der Waals surface area contributed by atoms with Crippen LogP contribution in [0.5, 0.6) is 0 Å². The molecular formula is C15H23N3O6S. The molecule has 1 aromatic rings. The van der Waals surface area contributed by atoms with E-state index in [0.29, 0.717) is 24.5 Å². The maximum absolute atomic E-state index is 11.9. The van der Waals surface area contributed by atoms with Gasteiger partial charge < -0.3 is 20.1 Å². The molecule has 140 valence electrons. The summed E-state index contributed by atoms with van der Waals surface area (Å²) in [4.78, 5) is 23.4. The van der Waals surface area contributed by atoms with Crippen molar-refractivity contribution < 1.29 is 27.5 Å². The molecule has 0 saturated heterocycles. The van der Waals surface area contributed by atoms with Crippen LogP contribution in [-0.4, -0.2) is 66.5 Å². The first-order valence-corrected chi connectivity index (χ1v) is 9.40. The highest BCUT2D eigenvalue weighted by Gasteiger charge is 2.07. The van der Waals surface area contributed by atoms with E-state index < -0.39 is 10.0 Å². The lowest BCUT2D eigenvalue weighted by Crippen LogP contribution is -2.36. The van der Waals surface area contributed by atoms with Crippen LogP contribution in [0, 0.1) is 0 Å².